The van der Waals surface area contributed by atoms with Gasteiger partial charge in [-0.15, -0.1) is 5.10 Å². The zero-order valence-electron chi connectivity index (χ0n) is 15.6. The largest absolute Gasteiger partial charge is 0.496 e. The van der Waals surface area contributed by atoms with Gasteiger partial charge in [0.1, 0.15) is 5.75 Å². The van der Waals surface area contributed by atoms with E-state index >= 15 is 0 Å². The summed E-state index contributed by atoms with van der Waals surface area (Å²) in [6.07, 6.45) is 3.55. The van der Waals surface area contributed by atoms with E-state index in [0.29, 0.717) is 23.8 Å². The molecule has 1 amide bonds. The molecule has 6 nitrogen and oxygen atoms in total. The fourth-order valence-corrected chi connectivity index (χ4v) is 3.93. The van der Waals surface area contributed by atoms with Gasteiger partial charge in [-0.1, -0.05) is 47.1 Å². The van der Waals surface area contributed by atoms with Gasteiger partial charge in [0.05, 0.1) is 25.9 Å². The molecule has 4 rings (SSSR count). The molecule has 1 aliphatic heterocycles. The summed E-state index contributed by atoms with van der Waals surface area (Å²) in [7, 11) is 1.65. The highest BCUT2D eigenvalue weighted by Crippen LogP contribution is 2.37. The van der Waals surface area contributed by atoms with E-state index in [-0.39, 0.29) is 11.9 Å². The summed E-state index contributed by atoms with van der Waals surface area (Å²) in [5.74, 6) is 0.697. The number of hydrogen-bond donors (Lipinski definition) is 0. The number of rotatable bonds is 5. The first kappa shape index (κ1) is 18.5. The molecule has 0 aliphatic carbocycles. The molecule has 0 N–H and O–H groups in total. The van der Waals surface area contributed by atoms with Gasteiger partial charge >= 0.3 is 0 Å². The van der Waals surface area contributed by atoms with Crippen LogP contribution >= 0.6 is 11.6 Å². The van der Waals surface area contributed by atoms with Crippen molar-refractivity contribution < 1.29 is 9.53 Å². The molecule has 28 heavy (non-hydrogen) atoms. The van der Waals surface area contributed by atoms with E-state index in [4.69, 9.17) is 16.3 Å². The lowest BCUT2D eigenvalue weighted by molar-refractivity contribution is 0.0728. The molecule has 0 unspecified atom stereocenters. The number of aromatic nitrogens is 3. The van der Waals surface area contributed by atoms with Crippen LogP contribution in [0.2, 0.25) is 5.02 Å². The minimum Gasteiger partial charge on any atom is -0.496 e. The molecule has 7 heteroatoms. The molecule has 1 atom stereocenters. The van der Waals surface area contributed by atoms with Crippen molar-refractivity contribution in [1.29, 1.82) is 0 Å². The summed E-state index contributed by atoms with van der Waals surface area (Å²) in [6, 6.07) is 15.4. The number of carbonyl (C=O) groups is 1. The quantitative estimate of drug-likeness (QED) is 0.654. The Balaban J connectivity index is 1.53. The topological polar surface area (TPSA) is 60.2 Å². The first-order chi connectivity index (χ1) is 13.7. The molecule has 2 aromatic carbocycles. The van der Waals surface area contributed by atoms with Crippen LogP contribution in [0.15, 0.2) is 54.7 Å². The number of nitrogens with zero attached hydrogens (tertiary/aromatic N) is 4. The predicted octanol–water partition coefficient (Wildman–Crippen LogP) is 3.97. The molecular weight excluding hydrogens is 376 g/mol. The number of amides is 1. The molecule has 0 radical (unpaired) electrons. The molecule has 1 aliphatic rings. The fourth-order valence-electron chi connectivity index (χ4n) is 3.72. The van der Waals surface area contributed by atoms with Crippen LogP contribution in [0, 0.1) is 0 Å². The number of benzene rings is 2. The SMILES string of the molecule is COc1ccccc1[C@H]1CCCN1C(=O)c1cn(Cc2cccc(Cl)c2)nn1. The molecule has 2 heterocycles. The third-order valence-electron chi connectivity index (χ3n) is 5.00. The van der Waals surface area contributed by atoms with Crippen LogP contribution < -0.4 is 4.74 Å². The lowest BCUT2D eigenvalue weighted by atomic mass is 10.0. The molecule has 1 saturated heterocycles. The van der Waals surface area contributed by atoms with Crippen molar-refractivity contribution in [3.8, 4) is 5.75 Å². The second-order valence-electron chi connectivity index (χ2n) is 6.83. The number of para-hydroxylation sites is 1. The van der Waals surface area contributed by atoms with Crippen LogP contribution in [-0.2, 0) is 6.54 Å². The van der Waals surface area contributed by atoms with Gasteiger partial charge in [0.15, 0.2) is 5.69 Å². The van der Waals surface area contributed by atoms with Crippen molar-refractivity contribution in [3.05, 3.63) is 76.6 Å². The Morgan fingerprint density at radius 3 is 2.93 bits per heavy atom. The molecule has 1 fully saturated rings. The van der Waals surface area contributed by atoms with Gasteiger partial charge in [-0.25, -0.2) is 4.68 Å². The van der Waals surface area contributed by atoms with Gasteiger partial charge in [-0.3, -0.25) is 4.79 Å². The van der Waals surface area contributed by atoms with Gasteiger partial charge in [0, 0.05) is 17.1 Å². The molecular formula is C21H21ClN4O2. The van der Waals surface area contributed by atoms with Crippen LogP contribution in [-0.4, -0.2) is 39.5 Å². The first-order valence-electron chi connectivity index (χ1n) is 9.24. The summed E-state index contributed by atoms with van der Waals surface area (Å²) in [5.41, 5.74) is 2.38. The van der Waals surface area contributed by atoms with Crippen molar-refractivity contribution in [2.75, 3.05) is 13.7 Å². The number of carbonyl (C=O) groups excluding carboxylic acids is 1. The maximum Gasteiger partial charge on any atom is 0.276 e. The standard InChI is InChI=1S/C21H21ClN4O2/c1-28-20-10-3-2-8-17(20)19-9-5-11-26(19)21(27)18-14-25(24-23-18)13-15-6-4-7-16(22)12-15/h2-4,6-8,10,12,14,19H,5,9,11,13H2,1H3/t19-/m1/s1. The van der Waals surface area contributed by atoms with Crippen LogP contribution in [0.1, 0.15) is 40.5 Å². The third kappa shape index (κ3) is 3.73. The lowest BCUT2D eigenvalue weighted by Gasteiger charge is -2.25. The summed E-state index contributed by atoms with van der Waals surface area (Å²) >= 11 is 6.04. The number of likely N-dealkylation sites (tertiary alicyclic amines) is 1. The zero-order valence-corrected chi connectivity index (χ0v) is 16.3. The summed E-state index contributed by atoms with van der Waals surface area (Å²) in [5, 5.41) is 8.90. The third-order valence-corrected chi connectivity index (χ3v) is 5.24. The van der Waals surface area contributed by atoms with E-state index in [0.717, 1.165) is 29.7 Å². The maximum atomic E-state index is 13.1. The van der Waals surface area contributed by atoms with Crippen molar-refractivity contribution in [3.63, 3.8) is 0 Å². The van der Waals surface area contributed by atoms with Gasteiger partial charge in [0.2, 0.25) is 0 Å². The van der Waals surface area contributed by atoms with Crippen LogP contribution in [0.25, 0.3) is 0 Å². The second-order valence-corrected chi connectivity index (χ2v) is 7.27. The van der Waals surface area contributed by atoms with E-state index < -0.39 is 0 Å². The molecule has 144 valence electrons. The molecule has 0 spiro atoms. The first-order valence-corrected chi connectivity index (χ1v) is 9.62. The Morgan fingerprint density at radius 1 is 1.25 bits per heavy atom. The normalized spacial score (nSPS) is 16.4. The van der Waals surface area contributed by atoms with Crippen molar-refractivity contribution in [1.82, 2.24) is 19.9 Å². The average molecular weight is 397 g/mol. The highest BCUT2D eigenvalue weighted by Gasteiger charge is 2.33. The van der Waals surface area contributed by atoms with E-state index in [2.05, 4.69) is 10.3 Å². The molecule has 1 aromatic heterocycles. The summed E-state index contributed by atoms with van der Waals surface area (Å²) in [4.78, 5) is 15.0. The minimum absolute atomic E-state index is 0.0123. The highest BCUT2D eigenvalue weighted by atomic mass is 35.5. The summed E-state index contributed by atoms with van der Waals surface area (Å²) < 4.78 is 7.15. The Hall–Kier alpha value is -2.86. The minimum atomic E-state index is -0.106. The Morgan fingerprint density at radius 2 is 2.11 bits per heavy atom. The van der Waals surface area contributed by atoms with Crippen molar-refractivity contribution >= 4 is 17.5 Å². The van der Waals surface area contributed by atoms with E-state index in [1.54, 1.807) is 18.0 Å². The smallest absolute Gasteiger partial charge is 0.276 e. The number of halogens is 1. The molecule has 3 aromatic rings. The van der Waals surface area contributed by atoms with Crippen LogP contribution in [0.4, 0.5) is 0 Å². The maximum absolute atomic E-state index is 13.1. The van der Waals surface area contributed by atoms with Crippen molar-refractivity contribution in [2.24, 2.45) is 0 Å². The Kier molecular flexibility index (Phi) is 5.30. The average Bonchev–Trinajstić information content (AvgIpc) is 3.37. The number of ether oxygens (including phenoxy) is 1. The summed E-state index contributed by atoms with van der Waals surface area (Å²) in [6.45, 7) is 1.21. The van der Waals surface area contributed by atoms with Gasteiger partial charge in [0.25, 0.3) is 5.91 Å². The van der Waals surface area contributed by atoms with E-state index in [1.165, 1.54) is 0 Å². The Bertz CT molecular complexity index is 988. The number of hydrogen-bond acceptors (Lipinski definition) is 4. The van der Waals surface area contributed by atoms with Gasteiger partial charge in [-0.2, -0.15) is 0 Å². The predicted molar refractivity (Wildman–Crippen MR) is 107 cm³/mol. The van der Waals surface area contributed by atoms with Crippen LogP contribution in [0.5, 0.6) is 5.75 Å². The second kappa shape index (κ2) is 8.02. The molecule has 0 bridgehead atoms. The Labute approximate surface area is 168 Å². The highest BCUT2D eigenvalue weighted by molar-refractivity contribution is 6.30. The number of methoxy groups -OCH3 is 1. The monoisotopic (exact) mass is 396 g/mol. The van der Waals surface area contributed by atoms with Gasteiger partial charge in [-0.05, 0) is 36.6 Å². The lowest BCUT2D eigenvalue weighted by Crippen LogP contribution is -2.31. The zero-order chi connectivity index (χ0) is 19.5. The van der Waals surface area contributed by atoms with Gasteiger partial charge < -0.3 is 9.64 Å². The van der Waals surface area contributed by atoms with E-state index in [1.807, 2.05) is 53.4 Å². The van der Waals surface area contributed by atoms with Crippen molar-refractivity contribution in [2.45, 2.75) is 25.4 Å². The molecule has 0 saturated carbocycles. The van der Waals surface area contributed by atoms with Crippen LogP contribution in [0.3, 0.4) is 0 Å². The fraction of sp³-hybridized carbons (Fsp3) is 0.286. The van der Waals surface area contributed by atoms with E-state index in [9.17, 15) is 4.79 Å².